The number of allylic oxidation sites excluding steroid dienone is 1. The minimum Gasteiger partial charge on any atom is -0.144 e. The fourth-order valence-electron chi connectivity index (χ4n) is 1.62. The molecule has 1 heteroatoms. The first-order valence-electron chi connectivity index (χ1n) is 5.88. The summed E-state index contributed by atoms with van der Waals surface area (Å²) in [5.74, 6) is 0. The highest BCUT2D eigenvalue weighted by molar-refractivity contribution is 7.17. The largest absolute Gasteiger partial charge is 0.144 e. The van der Waals surface area contributed by atoms with E-state index in [2.05, 4.69) is 44.0 Å². The summed E-state index contributed by atoms with van der Waals surface area (Å²) in [6.07, 6.45) is 1.11. The number of fused-ring (bicyclic) bond motifs is 1. The van der Waals surface area contributed by atoms with Crippen LogP contribution in [0.1, 0.15) is 38.8 Å². The maximum absolute atomic E-state index is 3.98. The first kappa shape index (κ1) is 13.0. The molecular formula is C15H20S. The van der Waals surface area contributed by atoms with Crippen molar-refractivity contribution in [3.8, 4) is 0 Å². The fraction of sp³-hybridized carbons (Fsp3) is 0.333. The summed E-state index contributed by atoms with van der Waals surface area (Å²) in [7, 11) is 0. The van der Waals surface area contributed by atoms with Crippen molar-refractivity contribution in [2.45, 2.75) is 34.1 Å². The summed E-state index contributed by atoms with van der Waals surface area (Å²) in [6.45, 7) is 12.2. The van der Waals surface area contributed by atoms with Gasteiger partial charge in [-0.2, -0.15) is 0 Å². The van der Waals surface area contributed by atoms with E-state index in [9.17, 15) is 0 Å². The molecule has 0 aliphatic heterocycles. The van der Waals surface area contributed by atoms with Crippen molar-refractivity contribution in [2.24, 2.45) is 0 Å². The molecule has 1 aromatic heterocycles. The Morgan fingerprint density at radius 3 is 2.56 bits per heavy atom. The van der Waals surface area contributed by atoms with E-state index in [1.165, 1.54) is 21.2 Å². The van der Waals surface area contributed by atoms with Crippen molar-refractivity contribution >= 4 is 27.0 Å². The van der Waals surface area contributed by atoms with Gasteiger partial charge in [0.25, 0.3) is 0 Å². The van der Waals surface area contributed by atoms with Gasteiger partial charge in [-0.25, -0.2) is 0 Å². The highest BCUT2D eigenvalue weighted by atomic mass is 32.1. The van der Waals surface area contributed by atoms with Gasteiger partial charge in [-0.1, -0.05) is 39.0 Å². The fourth-order valence-corrected chi connectivity index (χ4v) is 2.65. The molecule has 0 saturated heterocycles. The minimum atomic E-state index is 1.11. The monoisotopic (exact) mass is 232 g/mol. The Hall–Kier alpha value is -1.08. The van der Waals surface area contributed by atoms with Crippen LogP contribution >= 0.6 is 11.3 Å². The molecule has 0 saturated carbocycles. The van der Waals surface area contributed by atoms with Crippen molar-refractivity contribution in [2.75, 3.05) is 0 Å². The molecule has 0 aliphatic carbocycles. The molecule has 0 unspecified atom stereocenters. The molecule has 0 fully saturated rings. The first-order chi connectivity index (χ1) is 7.72. The van der Waals surface area contributed by atoms with Crippen molar-refractivity contribution in [1.29, 1.82) is 0 Å². The first-order valence-corrected chi connectivity index (χ1v) is 6.76. The number of hydrogen-bond donors (Lipinski definition) is 0. The van der Waals surface area contributed by atoms with Gasteiger partial charge in [0.05, 0.1) is 0 Å². The maximum Gasteiger partial charge on any atom is 0.0346 e. The van der Waals surface area contributed by atoms with E-state index in [0.717, 1.165) is 12.0 Å². The summed E-state index contributed by atoms with van der Waals surface area (Å²) in [6, 6.07) is 6.61. The normalized spacial score (nSPS) is 9.75. The van der Waals surface area contributed by atoms with Gasteiger partial charge in [-0.15, -0.1) is 11.3 Å². The van der Waals surface area contributed by atoms with Crippen LogP contribution in [-0.2, 0) is 6.42 Å². The van der Waals surface area contributed by atoms with E-state index >= 15 is 0 Å². The standard InChI is InChI=1S/C13H14S.C2H6/c1-4-10-8-14-13-6-5-11(9(2)3)7-12(10)13;1-2/h5-8H,2,4H2,1,3H3;1-2H3. The molecule has 0 amide bonds. The van der Waals surface area contributed by atoms with Crippen LogP contribution in [0, 0.1) is 0 Å². The third-order valence-corrected chi connectivity index (χ3v) is 3.54. The van der Waals surface area contributed by atoms with Gasteiger partial charge in [-0.3, -0.25) is 0 Å². The molecule has 86 valence electrons. The molecule has 2 aromatic rings. The van der Waals surface area contributed by atoms with Gasteiger partial charge < -0.3 is 0 Å². The van der Waals surface area contributed by atoms with Gasteiger partial charge in [0, 0.05) is 4.70 Å². The van der Waals surface area contributed by atoms with Gasteiger partial charge in [0.15, 0.2) is 0 Å². The Bertz CT molecular complexity index is 477. The second-order valence-electron chi connectivity index (χ2n) is 3.61. The summed E-state index contributed by atoms with van der Waals surface area (Å²) in [5, 5.41) is 3.66. The Balaban J connectivity index is 0.000000606. The SMILES string of the molecule is C=C(C)c1ccc2scc(CC)c2c1.CC. The maximum atomic E-state index is 3.98. The van der Waals surface area contributed by atoms with E-state index < -0.39 is 0 Å². The lowest BCUT2D eigenvalue weighted by Gasteiger charge is -2.00. The van der Waals surface area contributed by atoms with Gasteiger partial charge in [-0.05, 0) is 47.4 Å². The molecule has 0 atom stereocenters. The Kier molecular flexibility index (Phi) is 4.75. The smallest absolute Gasteiger partial charge is 0.0346 e. The topological polar surface area (TPSA) is 0 Å². The predicted octanol–water partition coefficient (Wildman–Crippen LogP) is 5.52. The molecular weight excluding hydrogens is 212 g/mol. The summed E-state index contributed by atoms with van der Waals surface area (Å²) in [5.41, 5.74) is 3.85. The Labute approximate surface area is 103 Å². The lowest BCUT2D eigenvalue weighted by molar-refractivity contribution is 1.17. The molecule has 0 nitrogen and oxygen atoms in total. The Morgan fingerprint density at radius 2 is 2.00 bits per heavy atom. The third kappa shape index (κ3) is 2.53. The van der Waals surface area contributed by atoms with Crippen molar-refractivity contribution in [3.05, 3.63) is 41.3 Å². The number of thiophene rings is 1. The van der Waals surface area contributed by atoms with E-state index in [1.54, 1.807) is 0 Å². The molecule has 0 radical (unpaired) electrons. The van der Waals surface area contributed by atoms with Gasteiger partial charge in [0.1, 0.15) is 0 Å². The van der Waals surface area contributed by atoms with Crippen LogP contribution in [0.25, 0.3) is 15.7 Å². The van der Waals surface area contributed by atoms with Crippen LogP contribution in [0.5, 0.6) is 0 Å². The summed E-state index contributed by atoms with van der Waals surface area (Å²) >= 11 is 1.83. The van der Waals surface area contributed by atoms with Gasteiger partial charge in [0.2, 0.25) is 0 Å². The molecule has 1 aromatic carbocycles. The lowest BCUT2D eigenvalue weighted by atomic mass is 10.0. The average molecular weight is 232 g/mol. The molecule has 2 rings (SSSR count). The van der Waals surface area contributed by atoms with Crippen LogP contribution in [0.15, 0.2) is 30.2 Å². The zero-order valence-corrected chi connectivity index (χ0v) is 11.4. The van der Waals surface area contributed by atoms with E-state index in [0.29, 0.717) is 0 Å². The summed E-state index contributed by atoms with van der Waals surface area (Å²) < 4.78 is 1.38. The highest BCUT2D eigenvalue weighted by Gasteiger charge is 2.03. The van der Waals surface area contributed by atoms with Crippen molar-refractivity contribution in [3.63, 3.8) is 0 Å². The van der Waals surface area contributed by atoms with Gasteiger partial charge >= 0.3 is 0 Å². The number of hydrogen-bond acceptors (Lipinski definition) is 1. The average Bonchev–Trinajstić information content (AvgIpc) is 2.73. The third-order valence-electron chi connectivity index (χ3n) is 2.53. The second kappa shape index (κ2) is 5.86. The number of rotatable bonds is 2. The van der Waals surface area contributed by atoms with Crippen LogP contribution in [0.4, 0.5) is 0 Å². The van der Waals surface area contributed by atoms with Crippen LogP contribution < -0.4 is 0 Å². The molecule has 0 bridgehead atoms. The zero-order valence-electron chi connectivity index (χ0n) is 10.6. The molecule has 0 spiro atoms. The number of aryl methyl sites for hydroxylation is 1. The quantitative estimate of drug-likeness (QED) is 0.639. The van der Waals surface area contributed by atoms with E-state index in [4.69, 9.17) is 0 Å². The minimum absolute atomic E-state index is 1.11. The van der Waals surface area contributed by atoms with E-state index in [-0.39, 0.29) is 0 Å². The molecule has 1 heterocycles. The molecule has 0 aliphatic rings. The van der Waals surface area contributed by atoms with Crippen LogP contribution in [-0.4, -0.2) is 0 Å². The van der Waals surface area contributed by atoms with Crippen molar-refractivity contribution < 1.29 is 0 Å². The molecule has 0 N–H and O–H groups in total. The highest BCUT2D eigenvalue weighted by Crippen LogP contribution is 2.28. The van der Waals surface area contributed by atoms with Crippen LogP contribution in [0.2, 0.25) is 0 Å². The second-order valence-corrected chi connectivity index (χ2v) is 4.52. The van der Waals surface area contributed by atoms with Crippen LogP contribution in [0.3, 0.4) is 0 Å². The van der Waals surface area contributed by atoms with Crippen molar-refractivity contribution in [1.82, 2.24) is 0 Å². The Morgan fingerprint density at radius 1 is 1.31 bits per heavy atom. The summed E-state index contributed by atoms with van der Waals surface area (Å²) in [4.78, 5) is 0. The van der Waals surface area contributed by atoms with E-state index in [1.807, 2.05) is 25.2 Å². The zero-order chi connectivity index (χ0) is 12.1. The predicted molar refractivity (Wildman–Crippen MR) is 77.3 cm³/mol. The molecule has 16 heavy (non-hydrogen) atoms. The lowest BCUT2D eigenvalue weighted by Crippen LogP contribution is -1.79. The number of benzene rings is 1.